The molecule has 8 nitrogen and oxygen atoms in total. The van der Waals surface area contributed by atoms with E-state index in [4.69, 9.17) is 4.98 Å². The molecule has 0 unspecified atom stereocenters. The first kappa shape index (κ1) is 19.4. The van der Waals surface area contributed by atoms with Crippen LogP contribution in [0.15, 0.2) is 24.8 Å². The van der Waals surface area contributed by atoms with Gasteiger partial charge < -0.3 is 10.2 Å². The Balaban J connectivity index is 1.58. The second-order valence-electron chi connectivity index (χ2n) is 8.63. The maximum atomic E-state index is 12.9. The van der Waals surface area contributed by atoms with Crippen molar-refractivity contribution < 1.29 is 9.59 Å². The molecule has 3 heterocycles. The molecule has 4 rings (SSSR count). The molecule has 29 heavy (non-hydrogen) atoms. The van der Waals surface area contributed by atoms with Gasteiger partial charge in [-0.25, -0.2) is 15.0 Å². The number of carbonyl (C=O) groups is 2. The van der Waals surface area contributed by atoms with Crippen LogP contribution < -0.4 is 5.32 Å². The number of fused-ring (bicyclic) bond motifs is 1. The average molecular weight is 394 g/mol. The maximum Gasteiger partial charge on any atom is 0.225 e. The molecule has 2 aromatic heterocycles. The standard InChI is InChI=1S/C21H26N6O2/c1-4-27-12-13(7-18(27)28)20(29)26-16-9-21(2,3)8-15-14(16)10-24-19(25-15)17-11-22-5-6-23-17/h5-6,10-11,13,16H,4,7-9,12H2,1-3H3,(H,26,29)/t13-,16+/m1/s1. The molecule has 0 aromatic carbocycles. The van der Waals surface area contributed by atoms with Crippen LogP contribution in [0.4, 0.5) is 0 Å². The highest BCUT2D eigenvalue weighted by Gasteiger charge is 2.38. The Morgan fingerprint density at radius 1 is 1.28 bits per heavy atom. The van der Waals surface area contributed by atoms with E-state index in [0.717, 1.165) is 24.1 Å². The van der Waals surface area contributed by atoms with E-state index in [-0.39, 0.29) is 35.6 Å². The van der Waals surface area contributed by atoms with Crippen molar-refractivity contribution in [2.24, 2.45) is 11.3 Å². The van der Waals surface area contributed by atoms with E-state index < -0.39 is 0 Å². The monoisotopic (exact) mass is 394 g/mol. The second kappa shape index (κ2) is 7.50. The molecule has 1 fully saturated rings. The summed E-state index contributed by atoms with van der Waals surface area (Å²) in [6, 6.07) is -0.164. The van der Waals surface area contributed by atoms with E-state index in [9.17, 15) is 9.59 Å². The second-order valence-corrected chi connectivity index (χ2v) is 8.63. The third-order valence-electron chi connectivity index (χ3n) is 5.75. The number of rotatable bonds is 4. The lowest BCUT2D eigenvalue weighted by atomic mass is 9.74. The predicted molar refractivity (Wildman–Crippen MR) is 106 cm³/mol. The van der Waals surface area contributed by atoms with Gasteiger partial charge in [0.25, 0.3) is 0 Å². The SMILES string of the molecule is CCN1C[C@H](C(=O)N[C@H]2CC(C)(C)Cc3nc(-c4cnccn4)ncc32)CC1=O. The van der Waals surface area contributed by atoms with E-state index in [0.29, 0.717) is 24.6 Å². The first-order valence-corrected chi connectivity index (χ1v) is 10.1. The Kier molecular flexibility index (Phi) is 5.02. The van der Waals surface area contributed by atoms with Crippen molar-refractivity contribution in [1.29, 1.82) is 0 Å². The van der Waals surface area contributed by atoms with Gasteiger partial charge in [-0.15, -0.1) is 0 Å². The number of nitrogens with zero attached hydrogens (tertiary/aromatic N) is 5. The molecule has 0 bridgehead atoms. The van der Waals surface area contributed by atoms with Gasteiger partial charge in [0.05, 0.1) is 23.9 Å². The third-order valence-corrected chi connectivity index (χ3v) is 5.75. The number of hydrogen-bond acceptors (Lipinski definition) is 6. The van der Waals surface area contributed by atoms with E-state index in [1.54, 1.807) is 29.7 Å². The van der Waals surface area contributed by atoms with Gasteiger partial charge in [-0.05, 0) is 25.2 Å². The minimum absolute atomic E-state index is 0.0140. The minimum atomic E-state index is -0.296. The number of aromatic nitrogens is 4. The van der Waals surface area contributed by atoms with E-state index >= 15 is 0 Å². The fraction of sp³-hybridized carbons (Fsp3) is 0.524. The molecule has 2 atom stereocenters. The summed E-state index contributed by atoms with van der Waals surface area (Å²) in [4.78, 5) is 44.2. The molecular weight excluding hydrogens is 368 g/mol. The lowest BCUT2D eigenvalue weighted by Gasteiger charge is -2.36. The summed E-state index contributed by atoms with van der Waals surface area (Å²) in [5.74, 6) is 0.227. The van der Waals surface area contributed by atoms with Gasteiger partial charge in [0, 0.05) is 43.7 Å². The van der Waals surface area contributed by atoms with Crippen LogP contribution in [0.5, 0.6) is 0 Å². The third kappa shape index (κ3) is 3.97. The van der Waals surface area contributed by atoms with Gasteiger partial charge in [-0.2, -0.15) is 0 Å². The lowest BCUT2D eigenvalue weighted by Crippen LogP contribution is -2.40. The molecule has 2 aliphatic rings. The Labute approximate surface area is 170 Å². The lowest BCUT2D eigenvalue weighted by molar-refractivity contribution is -0.129. The molecular formula is C21H26N6O2. The summed E-state index contributed by atoms with van der Waals surface area (Å²) in [5.41, 5.74) is 2.49. The summed E-state index contributed by atoms with van der Waals surface area (Å²) in [7, 11) is 0. The van der Waals surface area contributed by atoms with Crippen LogP contribution in [0.1, 0.15) is 50.9 Å². The number of amides is 2. The zero-order valence-corrected chi connectivity index (χ0v) is 17.1. The van der Waals surface area contributed by atoms with Crippen LogP contribution in [0.3, 0.4) is 0 Å². The quantitative estimate of drug-likeness (QED) is 0.850. The molecule has 8 heteroatoms. The van der Waals surface area contributed by atoms with Crippen molar-refractivity contribution in [3.63, 3.8) is 0 Å². The fourth-order valence-corrected chi connectivity index (χ4v) is 4.26. The normalized spacial score (nSPS) is 23.0. The Hall–Kier alpha value is -2.90. The first-order chi connectivity index (χ1) is 13.9. The number of nitrogens with one attached hydrogen (secondary N) is 1. The summed E-state index contributed by atoms with van der Waals surface area (Å²) in [6.45, 7) is 7.42. The van der Waals surface area contributed by atoms with Gasteiger partial charge >= 0.3 is 0 Å². The van der Waals surface area contributed by atoms with Crippen molar-refractivity contribution in [2.45, 2.75) is 46.1 Å². The topological polar surface area (TPSA) is 101 Å². The maximum absolute atomic E-state index is 12.9. The summed E-state index contributed by atoms with van der Waals surface area (Å²) < 4.78 is 0. The summed E-state index contributed by atoms with van der Waals surface area (Å²) in [5, 5.41) is 3.17. The Morgan fingerprint density at radius 2 is 2.10 bits per heavy atom. The van der Waals surface area contributed by atoms with Crippen molar-refractivity contribution in [3.05, 3.63) is 36.0 Å². The fourth-order valence-electron chi connectivity index (χ4n) is 4.26. The van der Waals surface area contributed by atoms with Gasteiger partial charge in [-0.1, -0.05) is 13.8 Å². The van der Waals surface area contributed by atoms with Crippen LogP contribution in [0.2, 0.25) is 0 Å². The summed E-state index contributed by atoms with van der Waals surface area (Å²) >= 11 is 0. The predicted octanol–water partition coefficient (Wildman–Crippen LogP) is 1.93. The van der Waals surface area contributed by atoms with Crippen LogP contribution >= 0.6 is 0 Å². The van der Waals surface area contributed by atoms with Crippen LogP contribution in [0.25, 0.3) is 11.5 Å². The number of hydrogen-bond donors (Lipinski definition) is 1. The highest BCUT2D eigenvalue weighted by molar-refractivity contribution is 5.89. The van der Waals surface area contributed by atoms with Gasteiger partial charge in [-0.3, -0.25) is 14.6 Å². The van der Waals surface area contributed by atoms with Crippen molar-refractivity contribution in [3.8, 4) is 11.5 Å². The van der Waals surface area contributed by atoms with Crippen molar-refractivity contribution in [1.82, 2.24) is 30.2 Å². The Bertz CT molecular complexity index is 930. The molecule has 0 saturated carbocycles. The zero-order chi connectivity index (χ0) is 20.6. The van der Waals surface area contributed by atoms with Crippen LogP contribution in [-0.4, -0.2) is 49.7 Å². The molecule has 1 aliphatic carbocycles. The average Bonchev–Trinajstić information content (AvgIpc) is 3.08. The zero-order valence-electron chi connectivity index (χ0n) is 17.1. The highest BCUT2D eigenvalue weighted by atomic mass is 16.2. The van der Waals surface area contributed by atoms with E-state index in [2.05, 4.69) is 34.1 Å². The molecule has 2 amide bonds. The molecule has 1 saturated heterocycles. The highest BCUT2D eigenvalue weighted by Crippen LogP contribution is 2.40. The van der Waals surface area contributed by atoms with E-state index in [1.807, 2.05) is 6.92 Å². The van der Waals surface area contributed by atoms with Crippen LogP contribution in [0, 0.1) is 11.3 Å². The smallest absolute Gasteiger partial charge is 0.225 e. The number of carbonyl (C=O) groups excluding carboxylic acids is 2. The van der Waals surface area contributed by atoms with Gasteiger partial charge in [0.2, 0.25) is 11.8 Å². The van der Waals surface area contributed by atoms with Gasteiger partial charge in [0.1, 0.15) is 5.69 Å². The molecule has 0 radical (unpaired) electrons. The first-order valence-electron chi connectivity index (χ1n) is 10.1. The summed E-state index contributed by atoms with van der Waals surface area (Å²) in [6.07, 6.45) is 8.56. The molecule has 152 valence electrons. The molecule has 1 aliphatic heterocycles. The molecule has 2 aromatic rings. The minimum Gasteiger partial charge on any atom is -0.349 e. The van der Waals surface area contributed by atoms with E-state index in [1.165, 1.54) is 0 Å². The van der Waals surface area contributed by atoms with Crippen LogP contribution in [-0.2, 0) is 16.0 Å². The molecule has 0 spiro atoms. The van der Waals surface area contributed by atoms with Crippen molar-refractivity contribution in [2.75, 3.05) is 13.1 Å². The molecule has 1 N–H and O–H groups in total. The Morgan fingerprint density at radius 3 is 2.79 bits per heavy atom. The largest absolute Gasteiger partial charge is 0.349 e. The van der Waals surface area contributed by atoms with Gasteiger partial charge in [0.15, 0.2) is 5.82 Å². The van der Waals surface area contributed by atoms with Crippen molar-refractivity contribution >= 4 is 11.8 Å². The number of likely N-dealkylation sites (tertiary alicyclic amines) is 1.